The van der Waals surface area contributed by atoms with Gasteiger partial charge < -0.3 is 10.4 Å². The molecule has 2 aliphatic carbocycles. The highest BCUT2D eigenvalue weighted by molar-refractivity contribution is 7.13. The lowest BCUT2D eigenvalue weighted by atomic mass is 9.82. The van der Waals surface area contributed by atoms with E-state index in [1.165, 1.54) is 11.3 Å². The van der Waals surface area contributed by atoms with Crippen molar-refractivity contribution in [3.05, 3.63) is 23.2 Å². The fourth-order valence-electron chi connectivity index (χ4n) is 3.12. The van der Waals surface area contributed by atoms with Gasteiger partial charge in [0.05, 0.1) is 17.5 Å². The Bertz CT molecular complexity index is 566. The number of aromatic nitrogens is 1. The summed E-state index contributed by atoms with van der Waals surface area (Å²) in [7, 11) is 0. The number of nitrogens with one attached hydrogen (secondary N) is 1. The quantitative estimate of drug-likeness (QED) is 0.828. The molecular weight excluding hydrogens is 264 g/mol. The number of hydrogen-bond donors (Lipinski definition) is 2. The van der Waals surface area contributed by atoms with Crippen LogP contribution in [0.3, 0.4) is 0 Å². The first kappa shape index (κ1) is 12.3. The van der Waals surface area contributed by atoms with E-state index in [1.807, 2.05) is 24.5 Å². The van der Waals surface area contributed by atoms with E-state index in [0.717, 1.165) is 12.1 Å². The number of anilines is 1. The maximum atomic E-state index is 12.3. The molecule has 1 aromatic heterocycles. The fraction of sp³-hybridized carbons (Fsp3) is 0.462. The number of carboxylic acids is 1. The van der Waals surface area contributed by atoms with Gasteiger partial charge in [-0.1, -0.05) is 12.2 Å². The number of carbonyl (C=O) groups excluding carboxylic acids is 1. The lowest BCUT2D eigenvalue weighted by Crippen LogP contribution is -2.36. The predicted molar refractivity (Wildman–Crippen MR) is 70.8 cm³/mol. The topological polar surface area (TPSA) is 79.3 Å². The van der Waals surface area contributed by atoms with Crippen LogP contribution in [0.4, 0.5) is 5.13 Å². The molecule has 0 aromatic carbocycles. The van der Waals surface area contributed by atoms with Crippen molar-refractivity contribution in [1.29, 1.82) is 0 Å². The lowest BCUT2D eigenvalue weighted by molar-refractivity contribution is -0.146. The van der Waals surface area contributed by atoms with Gasteiger partial charge in [-0.3, -0.25) is 9.59 Å². The van der Waals surface area contributed by atoms with Crippen LogP contribution in [0, 0.1) is 30.6 Å². The maximum absolute atomic E-state index is 12.3. The predicted octanol–water partition coefficient (Wildman–Crippen LogP) is 1.91. The third-order valence-corrected chi connectivity index (χ3v) is 4.77. The van der Waals surface area contributed by atoms with Crippen molar-refractivity contribution < 1.29 is 14.7 Å². The highest BCUT2D eigenvalue weighted by atomic mass is 32.1. The number of nitrogens with zero attached hydrogens (tertiary/aromatic N) is 1. The first-order valence-corrected chi connectivity index (χ1v) is 7.08. The molecule has 4 atom stereocenters. The first-order valence-electron chi connectivity index (χ1n) is 6.20. The van der Waals surface area contributed by atoms with Crippen LogP contribution in [0.15, 0.2) is 17.5 Å². The zero-order chi connectivity index (χ0) is 13.6. The largest absolute Gasteiger partial charge is 0.481 e. The van der Waals surface area contributed by atoms with E-state index in [0.29, 0.717) is 5.13 Å². The molecule has 6 heteroatoms. The van der Waals surface area contributed by atoms with E-state index >= 15 is 0 Å². The summed E-state index contributed by atoms with van der Waals surface area (Å²) in [6, 6.07) is 0. The van der Waals surface area contributed by atoms with Crippen LogP contribution in [-0.4, -0.2) is 22.0 Å². The summed E-state index contributed by atoms with van der Waals surface area (Å²) in [5.74, 6) is -2.14. The molecule has 1 heterocycles. The zero-order valence-electron chi connectivity index (χ0n) is 10.4. The second-order valence-corrected chi connectivity index (χ2v) is 5.98. The van der Waals surface area contributed by atoms with Crippen LogP contribution in [0.2, 0.25) is 0 Å². The van der Waals surface area contributed by atoms with Gasteiger partial charge in [-0.15, -0.1) is 11.3 Å². The number of aliphatic carboxylic acids is 1. The summed E-state index contributed by atoms with van der Waals surface area (Å²) in [6.07, 6.45) is 4.67. The minimum atomic E-state index is -0.882. The number of fused-ring (bicyclic) bond motifs is 2. The Labute approximate surface area is 114 Å². The van der Waals surface area contributed by atoms with Gasteiger partial charge in [0, 0.05) is 5.38 Å². The van der Waals surface area contributed by atoms with Crippen molar-refractivity contribution in [3.8, 4) is 0 Å². The molecule has 1 aromatic rings. The van der Waals surface area contributed by atoms with Gasteiger partial charge in [0.15, 0.2) is 5.13 Å². The summed E-state index contributed by atoms with van der Waals surface area (Å²) in [4.78, 5) is 27.8. The Kier molecular flexibility index (Phi) is 2.89. The van der Waals surface area contributed by atoms with Crippen LogP contribution in [0.5, 0.6) is 0 Å². The minimum Gasteiger partial charge on any atom is -0.481 e. The van der Waals surface area contributed by atoms with Crippen LogP contribution >= 0.6 is 11.3 Å². The van der Waals surface area contributed by atoms with Gasteiger partial charge in [0.2, 0.25) is 5.91 Å². The molecule has 0 saturated heterocycles. The van der Waals surface area contributed by atoms with Gasteiger partial charge in [-0.05, 0) is 25.2 Å². The summed E-state index contributed by atoms with van der Waals surface area (Å²) >= 11 is 1.36. The molecule has 19 heavy (non-hydrogen) atoms. The Morgan fingerprint density at radius 1 is 1.37 bits per heavy atom. The van der Waals surface area contributed by atoms with Crippen molar-refractivity contribution in [1.82, 2.24) is 4.98 Å². The second kappa shape index (κ2) is 4.45. The van der Waals surface area contributed by atoms with Crippen LogP contribution < -0.4 is 5.32 Å². The zero-order valence-corrected chi connectivity index (χ0v) is 11.2. The number of amides is 1. The lowest BCUT2D eigenvalue weighted by Gasteiger charge is -2.23. The smallest absolute Gasteiger partial charge is 0.307 e. The number of rotatable bonds is 3. The normalized spacial score (nSPS) is 31.6. The molecule has 0 unspecified atom stereocenters. The maximum Gasteiger partial charge on any atom is 0.307 e. The third kappa shape index (κ3) is 2.06. The molecule has 1 amide bonds. The molecule has 2 N–H and O–H groups in total. The molecule has 0 spiro atoms. The van der Waals surface area contributed by atoms with Crippen molar-refractivity contribution in [2.75, 3.05) is 5.32 Å². The summed E-state index contributed by atoms with van der Waals surface area (Å²) in [5.41, 5.74) is 0.850. The molecule has 3 rings (SSSR count). The molecule has 1 fully saturated rings. The van der Waals surface area contributed by atoms with Gasteiger partial charge in [-0.25, -0.2) is 4.98 Å². The second-order valence-electron chi connectivity index (χ2n) is 5.12. The van der Waals surface area contributed by atoms with Crippen LogP contribution in [-0.2, 0) is 9.59 Å². The monoisotopic (exact) mass is 278 g/mol. The first-order chi connectivity index (χ1) is 9.06. The SMILES string of the molecule is Cc1csc(NC(=O)[C@H]2[C@@H](C(=O)O)[C@H]3C=C[C@H]2C3)n1. The molecule has 5 nitrogen and oxygen atoms in total. The third-order valence-electron chi connectivity index (χ3n) is 3.90. The molecule has 0 aliphatic heterocycles. The van der Waals surface area contributed by atoms with E-state index in [9.17, 15) is 14.7 Å². The van der Waals surface area contributed by atoms with Gasteiger partial charge >= 0.3 is 5.97 Å². The summed E-state index contributed by atoms with van der Waals surface area (Å²) in [5, 5.41) is 14.4. The summed E-state index contributed by atoms with van der Waals surface area (Å²) in [6.45, 7) is 1.85. The summed E-state index contributed by atoms with van der Waals surface area (Å²) < 4.78 is 0. The molecule has 1 saturated carbocycles. The standard InChI is InChI=1S/C13H14N2O3S/c1-6-5-19-13(14-6)15-11(16)9-7-2-3-8(4-7)10(9)12(17)18/h2-3,5,7-10H,4H2,1H3,(H,17,18)(H,14,15,16)/t7-,8-,9+,10-/m0/s1. The van der Waals surface area contributed by atoms with E-state index < -0.39 is 17.8 Å². The Hall–Kier alpha value is -1.69. The Balaban J connectivity index is 1.79. The fourth-order valence-corrected chi connectivity index (χ4v) is 3.81. The molecule has 2 bridgehead atoms. The van der Waals surface area contributed by atoms with Crippen molar-refractivity contribution in [2.24, 2.45) is 23.7 Å². The number of carboxylic acid groups (broad SMARTS) is 1. The molecule has 2 aliphatic rings. The Morgan fingerprint density at radius 2 is 2.05 bits per heavy atom. The van der Waals surface area contributed by atoms with Crippen LogP contribution in [0.1, 0.15) is 12.1 Å². The number of carbonyl (C=O) groups is 2. The van der Waals surface area contributed by atoms with Crippen molar-refractivity contribution in [2.45, 2.75) is 13.3 Å². The van der Waals surface area contributed by atoms with Gasteiger partial charge in [-0.2, -0.15) is 0 Å². The number of aryl methyl sites for hydroxylation is 1. The van der Waals surface area contributed by atoms with Gasteiger partial charge in [0.25, 0.3) is 0 Å². The van der Waals surface area contributed by atoms with E-state index in [-0.39, 0.29) is 17.7 Å². The Morgan fingerprint density at radius 3 is 2.63 bits per heavy atom. The highest BCUT2D eigenvalue weighted by Crippen LogP contribution is 2.48. The average Bonchev–Trinajstić information content (AvgIpc) is 3.03. The number of thiazole rings is 1. The number of allylic oxidation sites excluding steroid dienone is 2. The minimum absolute atomic E-state index is 0.00344. The van der Waals surface area contributed by atoms with Gasteiger partial charge in [0.1, 0.15) is 0 Å². The molecule has 0 radical (unpaired) electrons. The molecular formula is C13H14N2O3S. The van der Waals surface area contributed by atoms with Crippen LogP contribution in [0.25, 0.3) is 0 Å². The van der Waals surface area contributed by atoms with E-state index in [4.69, 9.17) is 0 Å². The van der Waals surface area contributed by atoms with Crippen molar-refractivity contribution in [3.63, 3.8) is 0 Å². The van der Waals surface area contributed by atoms with E-state index in [2.05, 4.69) is 10.3 Å². The average molecular weight is 278 g/mol. The van der Waals surface area contributed by atoms with Crippen molar-refractivity contribution >= 4 is 28.3 Å². The van der Waals surface area contributed by atoms with E-state index in [1.54, 1.807) is 0 Å². The molecule has 100 valence electrons. The number of hydrogen-bond acceptors (Lipinski definition) is 4. The highest BCUT2D eigenvalue weighted by Gasteiger charge is 2.51.